The van der Waals surface area contributed by atoms with E-state index in [1.54, 1.807) is 24.3 Å². The summed E-state index contributed by atoms with van der Waals surface area (Å²) in [5, 5.41) is 13.4. The number of aryl methyl sites for hydroxylation is 2. The van der Waals surface area contributed by atoms with Crippen molar-refractivity contribution in [3.8, 4) is 0 Å². The predicted octanol–water partition coefficient (Wildman–Crippen LogP) is 4.73. The van der Waals surface area contributed by atoms with Crippen molar-refractivity contribution in [2.45, 2.75) is 26.8 Å². The van der Waals surface area contributed by atoms with Crippen LogP contribution >= 0.6 is 22.9 Å². The molecule has 0 spiro atoms. The lowest BCUT2D eigenvalue weighted by atomic mass is 10.0. The second-order valence-corrected chi connectivity index (χ2v) is 9.35. The van der Waals surface area contributed by atoms with Gasteiger partial charge in [0.25, 0.3) is 11.8 Å². The van der Waals surface area contributed by atoms with Crippen LogP contribution in [-0.2, 0) is 13.0 Å². The van der Waals surface area contributed by atoms with Gasteiger partial charge in [-0.1, -0.05) is 47.2 Å². The van der Waals surface area contributed by atoms with Crippen molar-refractivity contribution in [2.24, 2.45) is 0 Å². The molecule has 5 rings (SSSR count). The summed E-state index contributed by atoms with van der Waals surface area (Å²) in [7, 11) is 0. The maximum atomic E-state index is 12.6. The number of fused-ring (bicyclic) bond motifs is 1. The zero-order valence-electron chi connectivity index (χ0n) is 18.4. The second-order valence-electron chi connectivity index (χ2n) is 7.85. The number of halogens is 1. The molecule has 1 N–H and O–H groups in total. The smallest absolute Gasteiger partial charge is 0.261 e. The summed E-state index contributed by atoms with van der Waals surface area (Å²) in [6.07, 6.45) is 0.617. The molecule has 2 aromatic carbocycles. The number of carbonyl (C=O) groups is 2. The average Bonchev–Trinajstić information content (AvgIpc) is 3.35. The molecular weight excluding hydrogens is 472 g/mol. The van der Waals surface area contributed by atoms with E-state index in [2.05, 4.69) is 25.5 Å². The van der Waals surface area contributed by atoms with Crippen LogP contribution in [0, 0.1) is 13.8 Å². The van der Waals surface area contributed by atoms with Gasteiger partial charge in [0.2, 0.25) is 5.13 Å². The minimum absolute atomic E-state index is 0.0607. The third kappa shape index (κ3) is 4.27. The lowest BCUT2D eigenvalue weighted by Gasteiger charge is -2.13. The molecule has 8 nitrogen and oxygen atoms in total. The maximum Gasteiger partial charge on any atom is 0.261 e. The highest BCUT2D eigenvalue weighted by atomic mass is 35.5. The van der Waals surface area contributed by atoms with Gasteiger partial charge in [-0.25, -0.2) is 9.97 Å². The van der Waals surface area contributed by atoms with E-state index in [1.165, 1.54) is 16.2 Å². The summed E-state index contributed by atoms with van der Waals surface area (Å²) in [5.74, 6) is 0.634. The average molecular weight is 491 g/mol. The van der Waals surface area contributed by atoms with E-state index in [1.807, 2.05) is 38.1 Å². The molecule has 10 heteroatoms. The van der Waals surface area contributed by atoms with E-state index < -0.39 is 0 Å². The van der Waals surface area contributed by atoms with Crippen molar-refractivity contribution in [2.75, 3.05) is 5.32 Å². The molecule has 0 saturated heterocycles. The topological polar surface area (TPSA) is 101 Å². The quantitative estimate of drug-likeness (QED) is 0.390. The van der Waals surface area contributed by atoms with E-state index >= 15 is 0 Å². The highest BCUT2D eigenvalue weighted by molar-refractivity contribution is 7.15. The largest absolute Gasteiger partial charge is 0.314 e. The van der Waals surface area contributed by atoms with Gasteiger partial charge < -0.3 is 5.32 Å². The standard InChI is InChI=1S/C24H19ClN6O2S/c1-13-19(11-15-7-9-16(25)10-8-15)21(27-14(2)26-13)28-24-30-29-20(34-24)12-31-22(32)17-5-3-4-6-18(17)23(31)33/h3-10H,11-12H2,1-2H3,(H,26,27,28,30). The number of carbonyl (C=O) groups excluding carboxylic acids is 2. The minimum Gasteiger partial charge on any atom is -0.314 e. The molecule has 0 radical (unpaired) electrons. The van der Waals surface area contributed by atoms with Gasteiger partial charge in [-0.15, -0.1) is 10.2 Å². The van der Waals surface area contributed by atoms with Crippen LogP contribution in [0.25, 0.3) is 0 Å². The number of amides is 2. The molecule has 34 heavy (non-hydrogen) atoms. The van der Waals surface area contributed by atoms with Crippen molar-refractivity contribution in [1.29, 1.82) is 0 Å². The predicted molar refractivity (Wildman–Crippen MR) is 130 cm³/mol. The van der Waals surface area contributed by atoms with E-state index in [4.69, 9.17) is 11.6 Å². The van der Waals surface area contributed by atoms with Crippen LogP contribution in [0.15, 0.2) is 48.5 Å². The summed E-state index contributed by atoms with van der Waals surface area (Å²) in [6.45, 7) is 3.84. The highest BCUT2D eigenvalue weighted by Crippen LogP contribution is 2.29. The Balaban J connectivity index is 1.36. The fourth-order valence-electron chi connectivity index (χ4n) is 3.84. The van der Waals surface area contributed by atoms with Gasteiger partial charge in [0.1, 0.15) is 16.6 Å². The third-order valence-corrected chi connectivity index (χ3v) is 6.56. The first-order chi connectivity index (χ1) is 16.4. The Morgan fingerprint density at radius 2 is 1.62 bits per heavy atom. The van der Waals surface area contributed by atoms with Crippen molar-refractivity contribution in [3.05, 3.63) is 92.3 Å². The number of nitrogens with one attached hydrogen (secondary N) is 1. The monoisotopic (exact) mass is 490 g/mol. The lowest BCUT2D eigenvalue weighted by molar-refractivity contribution is 0.0642. The number of rotatable bonds is 6. The number of nitrogens with zero attached hydrogens (tertiary/aromatic N) is 5. The number of imide groups is 1. The van der Waals surface area contributed by atoms with Crippen molar-refractivity contribution in [1.82, 2.24) is 25.1 Å². The van der Waals surface area contributed by atoms with Crippen LogP contribution < -0.4 is 5.32 Å². The van der Waals surface area contributed by atoms with Gasteiger partial charge in [0, 0.05) is 22.7 Å². The summed E-state index contributed by atoms with van der Waals surface area (Å²) < 4.78 is 0. The number of anilines is 2. The zero-order valence-corrected chi connectivity index (χ0v) is 19.9. The molecule has 0 aliphatic carbocycles. The molecule has 4 aromatic rings. The van der Waals surface area contributed by atoms with E-state index in [9.17, 15) is 9.59 Å². The Bertz CT molecular complexity index is 1380. The first kappa shape index (κ1) is 22.1. The normalized spacial score (nSPS) is 12.9. The summed E-state index contributed by atoms with van der Waals surface area (Å²) in [5.41, 5.74) is 3.69. The molecule has 0 saturated carbocycles. The Kier molecular flexibility index (Phi) is 5.80. The van der Waals surface area contributed by atoms with Crippen molar-refractivity contribution >= 4 is 45.7 Å². The third-order valence-electron chi connectivity index (χ3n) is 5.48. The molecule has 0 unspecified atom stereocenters. The van der Waals surface area contributed by atoms with Gasteiger partial charge >= 0.3 is 0 Å². The lowest BCUT2D eigenvalue weighted by Crippen LogP contribution is -2.29. The summed E-state index contributed by atoms with van der Waals surface area (Å²) >= 11 is 7.29. The molecule has 0 bridgehead atoms. The highest BCUT2D eigenvalue weighted by Gasteiger charge is 2.35. The number of aromatic nitrogens is 4. The van der Waals surface area contributed by atoms with Gasteiger partial charge in [-0.3, -0.25) is 14.5 Å². The number of benzene rings is 2. The first-order valence-electron chi connectivity index (χ1n) is 10.5. The Hall–Kier alpha value is -3.69. The SMILES string of the molecule is Cc1nc(C)c(Cc2ccc(Cl)cc2)c(Nc2nnc(CN3C(=O)c4ccccc4C3=O)s2)n1. The van der Waals surface area contributed by atoms with E-state index in [0.717, 1.165) is 16.8 Å². The number of hydrogen-bond donors (Lipinski definition) is 1. The van der Waals surface area contributed by atoms with Crippen LogP contribution in [0.5, 0.6) is 0 Å². The van der Waals surface area contributed by atoms with Gasteiger partial charge in [0.05, 0.1) is 17.7 Å². The number of hydrogen-bond acceptors (Lipinski definition) is 8. The molecule has 170 valence electrons. The molecule has 0 atom stereocenters. The Labute approximate surface area is 204 Å². The molecular formula is C24H19ClN6O2S. The van der Waals surface area contributed by atoms with Gasteiger partial charge in [0.15, 0.2) is 0 Å². The van der Waals surface area contributed by atoms with Crippen LogP contribution in [0.3, 0.4) is 0 Å². The van der Waals surface area contributed by atoms with Crippen LogP contribution in [0.1, 0.15) is 48.4 Å². The Morgan fingerprint density at radius 3 is 2.29 bits per heavy atom. The Morgan fingerprint density at radius 1 is 0.941 bits per heavy atom. The molecule has 1 aliphatic rings. The molecule has 0 fully saturated rings. The molecule has 2 amide bonds. The van der Waals surface area contributed by atoms with Crippen LogP contribution in [-0.4, -0.2) is 36.9 Å². The minimum atomic E-state index is -0.322. The fourth-order valence-corrected chi connectivity index (χ4v) is 4.70. The van der Waals surface area contributed by atoms with Gasteiger partial charge in [-0.2, -0.15) is 0 Å². The molecule has 3 heterocycles. The summed E-state index contributed by atoms with van der Waals surface area (Å²) in [6, 6.07) is 14.4. The maximum absolute atomic E-state index is 12.6. The van der Waals surface area contributed by atoms with Gasteiger partial charge in [-0.05, 0) is 43.7 Å². The molecule has 1 aliphatic heterocycles. The zero-order chi connectivity index (χ0) is 23.8. The van der Waals surface area contributed by atoms with E-state index in [-0.39, 0.29) is 18.4 Å². The van der Waals surface area contributed by atoms with Crippen molar-refractivity contribution in [3.63, 3.8) is 0 Å². The first-order valence-corrected chi connectivity index (χ1v) is 11.7. The van der Waals surface area contributed by atoms with Crippen LogP contribution in [0.2, 0.25) is 5.02 Å². The van der Waals surface area contributed by atoms with Crippen molar-refractivity contribution < 1.29 is 9.59 Å². The summed E-state index contributed by atoms with van der Waals surface area (Å²) in [4.78, 5) is 35.6. The van der Waals surface area contributed by atoms with Crippen LogP contribution in [0.4, 0.5) is 10.9 Å². The van der Waals surface area contributed by atoms with E-state index in [0.29, 0.717) is 44.4 Å². The fraction of sp³-hybridized carbons (Fsp3) is 0.167. The second kappa shape index (κ2) is 8.92. The molecule has 2 aromatic heterocycles.